The van der Waals surface area contributed by atoms with Crippen molar-refractivity contribution in [2.45, 2.75) is 32.6 Å². The van der Waals surface area contributed by atoms with Gasteiger partial charge in [-0.15, -0.1) is 0 Å². The number of hydrogen-bond acceptors (Lipinski definition) is 1. The van der Waals surface area contributed by atoms with E-state index >= 15 is 0 Å². The summed E-state index contributed by atoms with van der Waals surface area (Å²) in [6, 6.07) is 2.77. The summed E-state index contributed by atoms with van der Waals surface area (Å²) in [7, 11) is 0. The third kappa shape index (κ3) is 3.54. The molecule has 1 N–H and O–H groups in total. The molecule has 0 heterocycles. The summed E-state index contributed by atoms with van der Waals surface area (Å²) in [4.78, 5) is 0. The van der Waals surface area contributed by atoms with E-state index in [1.54, 1.807) is 0 Å². The summed E-state index contributed by atoms with van der Waals surface area (Å²) in [5.41, 5.74) is 0.239. The predicted molar refractivity (Wildman–Crippen MR) is 77.1 cm³/mol. The van der Waals surface area contributed by atoms with Gasteiger partial charge in [-0.1, -0.05) is 13.3 Å². The minimum atomic E-state index is -0.436. The predicted octanol–water partition coefficient (Wildman–Crippen LogP) is 4.30. The third-order valence-corrected chi connectivity index (χ3v) is 4.69. The van der Waals surface area contributed by atoms with Crippen LogP contribution in [-0.2, 0) is 6.42 Å². The molecule has 0 bridgehead atoms. The van der Waals surface area contributed by atoms with Gasteiger partial charge in [0.05, 0.1) is 4.47 Å². The molecule has 0 aliphatic heterocycles. The van der Waals surface area contributed by atoms with Crippen LogP contribution in [0.5, 0.6) is 0 Å². The van der Waals surface area contributed by atoms with Gasteiger partial charge in [0.25, 0.3) is 0 Å². The van der Waals surface area contributed by atoms with E-state index < -0.39 is 11.6 Å². The second-order valence-corrected chi connectivity index (χ2v) is 6.14. The Balaban J connectivity index is 2.10. The molecule has 1 aliphatic rings. The molecule has 2 atom stereocenters. The van der Waals surface area contributed by atoms with Gasteiger partial charge in [-0.25, -0.2) is 8.78 Å². The highest BCUT2D eigenvalue weighted by Gasteiger charge is 2.29. The highest BCUT2D eigenvalue weighted by Crippen LogP contribution is 2.35. The molecule has 1 aromatic carbocycles. The van der Waals surface area contributed by atoms with E-state index in [-0.39, 0.29) is 5.56 Å². The quantitative estimate of drug-likeness (QED) is 0.793. The van der Waals surface area contributed by atoms with Gasteiger partial charge >= 0.3 is 0 Å². The fourth-order valence-corrected chi connectivity index (χ4v) is 3.37. The molecule has 1 fully saturated rings. The second-order valence-electron chi connectivity index (χ2n) is 5.28. The maximum absolute atomic E-state index is 14.0. The van der Waals surface area contributed by atoms with Crippen LogP contribution in [0.4, 0.5) is 8.78 Å². The van der Waals surface area contributed by atoms with Crippen molar-refractivity contribution in [3.63, 3.8) is 0 Å². The topological polar surface area (TPSA) is 12.0 Å². The van der Waals surface area contributed by atoms with Gasteiger partial charge in [0.1, 0.15) is 11.6 Å². The Morgan fingerprint density at radius 2 is 2.00 bits per heavy atom. The van der Waals surface area contributed by atoms with Crippen LogP contribution < -0.4 is 5.32 Å². The zero-order chi connectivity index (χ0) is 13.8. The Morgan fingerprint density at radius 1 is 1.26 bits per heavy atom. The van der Waals surface area contributed by atoms with Gasteiger partial charge in [-0.05, 0) is 72.3 Å². The Hall–Kier alpha value is -0.480. The highest BCUT2D eigenvalue weighted by atomic mass is 79.9. The summed E-state index contributed by atoms with van der Waals surface area (Å²) >= 11 is 3.13. The van der Waals surface area contributed by atoms with Crippen molar-refractivity contribution in [3.05, 3.63) is 33.8 Å². The summed E-state index contributed by atoms with van der Waals surface area (Å²) in [5.74, 6) is 0.0685. The molecule has 2 rings (SSSR count). The Kier molecular flexibility index (Phi) is 5.34. The smallest absolute Gasteiger partial charge is 0.143 e. The lowest BCUT2D eigenvalue weighted by atomic mass is 9.89. The first-order valence-electron chi connectivity index (χ1n) is 6.96. The lowest BCUT2D eigenvalue weighted by Gasteiger charge is -2.20. The fourth-order valence-electron chi connectivity index (χ4n) is 3.00. The van der Waals surface area contributed by atoms with Gasteiger partial charge < -0.3 is 5.32 Å². The molecule has 106 valence electrons. The fraction of sp³-hybridized carbons (Fsp3) is 0.600. The van der Waals surface area contributed by atoms with E-state index in [0.717, 1.165) is 32.4 Å². The van der Waals surface area contributed by atoms with Crippen LogP contribution in [0.3, 0.4) is 0 Å². The van der Waals surface area contributed by atoms with Crippen molar-refractivity contribution in [1.82, 2.24) is 5.32 Å². The molecule has 2 unspecified atom stereocenters. The molecule has 0 aromatic heterocycles. The van der Waals surface area contributed by atoms with Gasteiger partial charge in [-0.2, -0.15) is 0 Å². The van der Waals surface area contributed by atoms with Crippen LogP contribution in [0.15, 0.2) is 16.6 Å². The van der Waals surface area contributed by atoms with Crippen LogP contribution in [0.1, 0.15) is 31.7 Å². The average Bonchev–Trinajstić information content (AvgIpc) is 2.84. The van der Waals surface area contributed by atoms with E-state index in [0.29, 0.717) is 22.7 Å². The monoisotopic (exact) mass is 331 g/mol. The third-order valence-electron chi connectivity index (χ3n) is 4.08. The normalized spacial score (nSPS) is 22.9. The van der Waals surface area contributed by atoms with E-state index in [9.17, 15) is 8.78 Å². The van der Waals surface area contributed by atoms with Gasteiger partial charge in [-0.3, -0.25) is 0 Å². The molecule has 1 saturated carbocycles. The molecule has 1 aromatic rings. The van der Waals surface area contributed by atoms with Crippen molar-refractivity contribution in [2.75, 3.05) is 13.1 Å². The lowest BCUT2D eigenvalue weighted by Crippen LogP contribution is -2.26. The van der Waals surface area contributed by atoms with Crippen molar-refractivity contribution < 1.29 is 8.78 Å². The molecular weight excluding hydrogens is 312 g/mol. The first-order chi connectivity index (χ1) is 9.13. The molecule has 0 radical (unpaired) electrons. The van der Waals surface area contributed by atoms with Crippen molar-refractivity contribution in [1.29, 1.82) is 0 Å². The minimum absolute atomic E-state index is 0.239. The molecule has 0 saturated heterocycles. The summed E-state index contributed by atoms with van der Waals surface area (Å²) < 4.78 is 28.1. The van der Waals surface area contributed by atoms with Gasteiger partial charge in [0, 0.05) is 5.56 Å². The molecule has 1 aliphatic carbocycles. The number of benzene rings is 1. The maximum Gasteiger partial charge on any atom is 0.143 e. The van der Waals surface area contributed by atoms with Crippen LogP contribution >= 0.6 is 15.9 Å². The molecule has 1 nitrogen and oxygen atoms in total. The highest BCUT2D eigenvalue weighted by molar-refractivity contribution is 9.10. The molecule has 4 heteroatoms. The standard InChI is InChI=1S/C15H20BrF2N/c1-2-19-9-11-5-3-4-10(11)8-12-14(17)7-6-13(16)15(12)18/h6-7,10-11,19H,2-5,8-9H2,1H3. The van der Waals surface area contributed by atoms with Crippen molar-refractivity contribution in [3.8, 4) is 0 Å². The lowest BCUT2D eigenvalue weighted by molar-refractivity contribution is 0.359. The number of hydrogen-bond donors (Lipinski definition) is 1. The average molecular weight is 332 g/mol. The van der Waals surface area contributed by atoms with E-state index in [1.165, 1.54) is 12.1 Å². The molecular formula is C15H20BrF2N. The number of halogens is 3. The molecule has 0 amide bonds. The number of nitrogens with one attached hydrogen (secondary N) is 1. The second kappa shape index (κ2) is 6.80. The largest absolute Gasteiger partial charge is 0.317 e. The van der Waals surface area contributed by atoms with Crippen LogP contribution in [-0.4, -0.2) is 13.1 Å². The van der Waals surface area contributed by atoms with Gasteiger partial charge in [0.15, 0.2) is 0 Å². The van der Waals surface area contributed by atoms with Crippen LogP contribution in [0, 0.1) is 23.5 Å². The first kappa shape index (κ1) is 14.9. The first-order valence-corrected chi connectivity index (χ1v) is 7.75. The van der Waals surface area contributed by atoms with E-state index in [2.05, 4.69) is 28.2 Å². The Morgan fingerprint density at radius 3 is 2.74 bits per heavy atom. The van der Waals surface area contributed by atoms with Crippen LogP contribution in [0.2, 0.25) is 0 Å². The van der Waals surface area contributed by atoms with Crippen molar-refractivity contribution in [2.24, 2.45) is 11.8 Å². The van der Waals surface area contributed by atoms with E-state index in [4.69, 9.17) is 0 Å². The molecule has 19 heavy (non-hydrogen) atoms. The summed E-state index contributed by atoms with van der Waals surface area (Å²) in [6.07, 6.45) is 3.90. The zero-order valence-electron chi connectivity index (χ0n) is 11.2. The Labute approximate surface area is 121 Å². The van der Waals surface area contributed by atoms with Gasteiger partial charge in [0.2, 0.25) is 0 Å². The molecule has 0 spiro atoms. The minimum Gasteiger partial charge on any atom is -0.317 e. The maximum atomic E-state index is 14.0. The zero-order valence-corrected chi connectivity index (χ0v) is 12.8. The SMILES string of the molecule is CCNCC1CCCC1Cc1c(F)ccc(Br)c1F. The van der Waals surface area contributed by atoms with Crippen LogP contribution in [0.25, 0.3) is 0 Å². The summed E-state index contributed by atoms with van der Waals surface area (Å²) in [6.45, 7) is 3.98. The Bertz CT molecular complexity index is 436. The van der Waals surface area contributed by atoms with Crippen molar-refractivity contribution >= 4 is 15.9 Å². The van der Waals surface area contributed by atoms with E-state index in [1.807, 2.05) is 0 Å². The summed E-state index contributed by atoms with van der Waals surface area (Å²) in [5, 5.41) is 3.35. The number of rotatable bonds is 5.